The highest BCUT2D eigenvalue weighted by molar-refractivity contribution is 5.82. The zero-order valence-electron chi connectivity index (χ0n) is 12.8. The van der Waals surface area contributed by atoms with Crippen molar-refractivity contribution in [3.63, 3.8) is 0 Å². The number of nitrogens with zero attached hydrogens (tertiary/aromatic N) is 1. The van der Waals surface area contributed by atoms with Gasteiger partial charge in [0.1, 0.15) is 11.6 Å². The van der Waals surface area contributed by atoms with Gasteiger partial charge < -0.3 is 9.47 Å². The summed E-state index contributed by atoms with van der Waals surface area (Å²) in [7, 11) is 1.38. The van der Waals surface area contributed by atoms with Crippen LogP contribution < -0.4 is 0 Å². The molecule has 5 heteroatoms. The van der Waals surface area contributed by atoms with Crippen LogP contribution in [0.5, 0.6) is 0 Å². The minimum atomic E-state index is -0.550. The summed E-state index contributed by atoms with van der Waals surface area (Å²) in [6, 6.07) is -0.472. The number of likely N-dealkylation sites (tertiary alicyclic amines) is 1. The number of hydrogen-bond acceptors (Lipinski definition) is 4. The first-order valence-corrected chi connectivity index (χ1v) is 7.41. The molecule has 2 aliphatic rings. The molecule has 2 fully saturated rings. The molecule has 1 heterocycles. The smallest absolute Gasteiger partial charge is 0.411 e. The third-order valence-corrected chi connectivity index (χ3v) is 4.21. The first-order chi connectivity index (χ1) is 9.33. The summed E-state index contributed by atoms with van der Waals surface area (Å²) in [5.74, 6) is 0.314. The molecule has 1 amide bonds. The second kappa shape index (κ2) is 5.62. The van der Waals surface area contributed by atoms with Gasteiger partial charge in [-0.3, -0.25) is 4.90 Å². The van der Waals surface area contributed by atoms with E-state index >= 15 is 0 Å². The summed E-state index contributed by atoms with van der Waals surface area (Å²) in [5.41, 5.74) is -0.550. The molecular formula is C15H25NO4. The third-order valence-electron chi connectivity index (χ3n) is 4.21. The predicted octanol–water partition coefficient (Wildman–Crippen LogP) is 2.59. The number of amides is 1. The van der Waals surface area contributed by atoms with E-state index in [9.17, 15) is 9.59 Å². The number of methoxy groups -OCH3 is 1. The second-order valence-electron chi connectivity index (χ2n) is 6.81. The van der Waals surface area contributed by atoms with Crippen LogP contribution in [-0.2, 0) is 14.3 Å². The van der Waals surface area contributed by atoms with Gasteiger partial charge in [0.15, 0.2) is 0 Å². The van der Waals surface area contributed by atoms with Crippen LogP contribution in [0.4, 0.5) is 4.79 Å². The zero-order valence-corrected chi connectivity index (χ0v) is 12.8. The normalized spacial score (nSPS) is 29.8. The Morgan fingerprint density at radius 2 is 1.80 bits per heavy atom. The Balaban J connectivity index is 2.17. The fourth-order valence-electron chi connectivity index (χ4n) is 3.41. The number of carbonyl (C=O) groups excluding carboxylic acids is 2. The fraction of sp³-hybridized carbons (Fsp3) is 0.867. The Bertz CT molecular complexity index is 388. The molecule has 0 aromatic carbocycles. The van der Waals surface area contributed by atoms with E-state index in [1.54, 1.807) is 4.90 Å². The van der Waals surface area contributed by atoms with Crippen LogP contribution >= 0.6 is 0 Å². The molecule has 20 heavy (non-hydrogen) atoms. The predicted molar refractivity (Wildman–Crippen MR) is 74.2 cm³/mol. The van der Waals surface area contributed by atoms with Gasteiger partial charge in [-0.15, -0.1) is 0 Å². The zero-order chi connectivity index (χ0) is 14.9. The van der Waals surface area contributed by atoms with Gasteiger partial charge in [0.25, 0.3) is 0 Å². The number of hydrogen-bond donors (Lipinski definition) is 0. The molecular weight excluding hydrogens is 258 g/mol. The second-order valence-corrected chi connectivity index (χ2v) is 6.81. The Morgan fingerprint density at radius 1 is 1.15 bits per heavy atom. The van der Waals surface area contributed by atoms with Crippen LogP contribution in [0.1, 0.15) is 46.5 Å². The molecule has 1 aliphatic heterocycles. The maximum atomic E-state index is 12.3. The number of esters is 1. The molecule has 0 aromatic rings. The highest BCUT2D eigenvalue weighted by Gasteiger charge is 2.49. The van der Waals surface area contributed by atoms with Crippen molar-refractivity contribution in [2.24, 2.45) is 11.8 Å². The summed E-state index contributed by atoms with van der Waals surface area (Å²) < 4.78 is 10.3. The van der Waals surface area contributed by atoms with Gasteiger partial charge in [-0.25, -0.2) is 9.59 Å². The van der Waals surface area contributed by atoms with Crippen LogP contribution in [0, 0.1) is 11.8 Å². The van der Waals surface area contributed by atoms with Crippen LogP contribution in [0.3, 0.4) is 0 Å². The van der Waals surface area contributed by atoms with E-state index in [1.165, 1.54) is 13.5 Å². The van der Waals surface area contributed by atoms with Crippen molar-refractivity contribution in [1.82, 2.24) is 4.90 Å². The van der Waals surface area contributed by atoms with Crippen LogP contribution in [0.15, 0.2) is 0 Å². The van der Waals surface area contributed by atoms with E-state index < -0.39 is 17.7 Å². The molecule has 2 rings (SSSR count). The molecule has 0 N–H and O–H groups in total. The van der Waals surface area contributed by atoms with Gasteiger partial charge in [0.2, 0.25) is 0 Å². The Hall–Kier alpha value is -1.26. The standard InChI is InChI=1S/C15H25NO4/c1-15(2,3)20-14(18)16-9-10-7-5-6-8-11(10)12(16)13(17)19-4/h10-12H,5-9H2,1-4H3/t10-,11-,12+/m1/s1. The van der Waals surface area contributed by atoms with Gasteiger partial charge in [-0.2, -0.15) is 0 Å². The summed E-state index contributed by atoms with van der Waals surface area (Å²) in [4.78, 5) is 26.0. The lowest BCUT2D eigenvalue weighted by Gasteiger charge is -2.29. The molecule has 0 radical (unpaired) electrons. The lowest BCUT2D eigenvalue weighted by Crippen LogP contribution is -2.46. The summed E-state index contributed by atoms with van der Waals surface area (Å²) in [6.07, 6.45) is 3.97. The number of fused-ring (bicyclic) bond motifs is 1. The molecule has 1 saturated heterocycles. The summed E-state index contributed by atoms with van der Waals surface area (Å²) >= 11 is 0. The molecule has 114 valence electrons. The van der Waals surface area contributed by atoms with Crippen molar-refractivity contribution >= 4 is 12.1 Å². The van der Waals surface area contributed by atoms with Gasteiger partial charge >= 0.3 is 12.1 Å². The maximum absolute atomic E-state index is 12.3. The molecule has 5 nitrogen and oxygen atoms in total. The maximum Gasteiger partial charge on any atom is 0.411 e. The Labute approximate surface area is 120 Å². The fourth-order valence-corrected chi connectivity index (χ4v) is 3.41. The van der Waals surface area contributed by atoms with Crippen molar-refractivity contribution in [3.8, 4) is 0 Å². The molecule has 1 saturated carbocycles. The van der Waals surface area contributed by atoms with E-state index in [4.69, 9.17) is 9.47 Å². The van der Waals surface area contributed by atoms with Crippen LogP contribution in [0.2, 0.25) is 0 Å². The quantitative estimate of drug-likeness (QED) is 0.694. The van der Waals surface area contributed by atoms with Crippen LogP contribution in [0.25, 0.3) is 0 Å². The molecule has 0 unspecified atom stereocenters. The van der Waals surface area contributed by atoms with Gasteiger partial charge in [0, 0.05) is 6.54 Å². The highest BCUT2D eigenvalue weighted by atomic mass is 16.6. The molecule has 3 atom stereocenters. The van der Waals surface area contributed by atoms with Crippen molar-refractivity contribution in [2.75, 3.05) is 13.7 Å². The molecule has 1 aliphatic carbocycles. The topological polar surface area (TPSA) is 55.8 Å². The SMILES string of the molecule is COC(=O)[C@@H]1[C@@H]2CCCC[C@@H]2CN1C(=O)OC(C)(C)C. The van der Waals surface area contributed by atoms with E-state index in [-0.39, 0.29) is 11.9 Å². The molecule has 0 aromatic heterocycles. The van der Waals surface area contributed by atoms with Crippen molar-refractivity contribution in [2.45, 2.75) is 58.1 Å². The minimum Gasteiger partial charge on any atom is -0.467 e. The van der Waals surface area contributed by atoms with E-state index in [0.717, 1.165) is 19.3 Å². The van der Waals surface area contributed by atoms with Crippen molar-refractivity contribution in [1.29, 1.82) is 0 Å². The lowest BCUT2D eigenvalue weighted by atomic mass is 9.78. The van der Waals surface area contributed by atoms with Crippen LogP contribution in [-0.4, -0.2) is 42.3 Å². The Kier molecular flexibility index (Phi) is 4.25. The van der Waals surface area contributed by atoms with Crippen molar-refractivity contribution in [3.05, 3.63) is 0 Å². The van der Waals surface area contributed by atoms with E-state index in [0.29, 0.717) is 12.5 Å². The summed E-state index contributed by atoms with van der Waals surface area (Å²) in [5, 5.41) is 0. The first kappa shape index (κ1) is 15.1. The Morgan fingerprint density at radius 3 is 2.40 bits per heavy atom. The lowest BCUT2D eigenvalue weighted by molar-refractivity contribution is -0.147. The van der Waals surface area contributed by atoms with Gasteiger partial charge in [-0.1, -0.05) is 12.8 Å². The largest absolute Gasteiger partial charge is 0.467 e. The molecule has 0 bridgehead atoms. The average Bonchev–Trinajstić information content (AvgIpc) is 2.75. The minimum absolute atomic E-state index is 0.226. The van der Waals surface area contributed by atoms with E-state index in [2.05, 4.69) is 0 Å². The number of ether oxygens (including phenoxy) is 2. The third kappa shape index (κ3) is 3.07. The molecule has 0 spiro atoms. The first-order valence-electron chi connectivity index (χ1n) is 7.41. The average molecular weight is 283 g/mol. The van der Waals surface area contributed by atoms with E-state index in [1.807, 2.05) is 20.8 Å². The highest BCUT2D eigenvalue weighted by Crippen LogP contribution is 2.41. The van der Waals surface area contributed by atoms with Gasteiger partial charge in [-0.05, 0) is 45.4 Å². The number of rotatable bonds is 1. The number of carbonyl (C=O) groups is 2. The van der Waals surface area contributed by atoms with Gasteiger partial charge in [0.05, 0.1) is 7.11 Å². The summed E-state index contributed by atoms with van der Waals surface area (Å²) in [6.45, 7) is 6.11. The van der Waals surface area contributed by atoms with Crippen molar-refractivity contribution < 1.29 is 19.1 Å². The monoisotopic (exact) mass is 283 g/mol.